The molecule has 1 aliphatic heterocycles. The average Bonchev–Trinajstić information content (AvgIpc) is 2.71. The maximum absolute atomic E-state index is 5.34. The molecule has 13 heavy (non-hydrogen) atoms. The second kappa shape index (κ2) is 3.79. The largest absolute Gasteiger partial charge is 0.497 e. The summed E-state index contributed by atoms with van der Waals surface area (Å²) in [6.07, 6.45) is 1.13. The summed E-state index contributed by atoms with van der Waals surface area (Å²) < 4.78 is 10.5. The van der Waals surface area contributed by atoms with E-state index in [1.807, 2.05) is 12.1 Å². The summed E-state index contributed by atoms with van der Waals surface area (Å²) in [5.74, 6) is 1.50. The molecule has 0 aliphatic carbocycles. The summed E-state index contributed by atoms with van der Waals surface area (Å²) in [5, 5.41) is 0. The standard InChI is InChI=1S/C11H14O2/c1-12-11-4-2-3-9(7-11)10-5-6-13-8-10/h2-4,7,10H,5-6,8H2,1H3. The molecule has 2 heteroatoms. The van der Waals surface area contributed by atoms with Gasteiger partial charge in [-0.25, -0.2) is 0 Å². The van der Waals surface area contributed by atoms with Crippen molar-refractivity contribution in [3.63, 3.8) is 0 Å². The van der Waals surface area contributed by atoms with E-state index in [-0.39, 0.29) is 0 Å². The van der Waals surface area contributed by atoms with Gasteiger partial charge < -0.3 is 9.47 Å². The fourth-order valence-corrected chi connectivity index (χ4v) is 1.69. The monoisotopic (exact) mass is 178 g/mol. The van der Waals surface area contributed by atoms with Crippen molar-refractivity contribution in [3.05, 3.63) is 29.8 Å². The topological polar surface area (TPSA) is 18.5 Å². The summed E-state index contributed by atoms with van der Waals surface area (Å²) in [6.45, 7) is 1.75. The Morgan fingerprint density at radius 1 is 1.46 bits per heavy atom. The first-order valence-corrected chi connectivity index (χ1v) is 4.62. The Labute approximate surface area is 78.5 Å². The van der Waals surface area contributed by atoms with E-state index in [4.69, 9.17) is 9.47 Å². The molecule has 1 fully saturated rings. The van der Waals surface area contributed by atoms with Crippen LogP contribution in [-0.2, 0) is 4.74 Å². The molecule has 1 aromatic carbocycles. The van der Waals surface area contributed by atoms with Crippen LogP contribution in [0.2, 0.25) is 0 Å². The van der Waals surface area contributed by atoms with Crippen molar-refractivity contribution in [1.29, 1.82) is 0 Å². The van der Waals surface area contributed by atoms with Crippen molar-refractivity contribution < 1.29 is 9.47 Å². The van der Waals surface area contributed by atoms with Crippen LogP contribution in [0.25, 0.3) is 0 Å². The van der Waals surface area contributed by atoms with Crippen LogP contribution in [0.5, 0.6) is 5.75 Å². The molecule has 2 rings (SSSR count). The average molecular weight is 178 g/mol. The zero-order valence-electron chi connectivity index (χ0n) is 7.82. The lowest BCUT2D eigenvalue weighted by atomic mass is 9.98. The van der Waals surface area contributed by atoms with Crippen LogP contribution < -0.4 is 4.74 Å². The molecule has 1 heterocycles. The van der Waals surface area contributed by atoms with E-state index in [0.717, 1.165) is 25.4 Å². The van der Waals surface area contributed by atoms with Gasteiger partial charge in [0.05, 0.1) is 13.7 Å². The molecule has 0 amide bonds. The first-order chi connectivity index (χ1) is 6.40. The minimum Gasteiger partial charge on any atom is -0.497 e. The Bertz CT molecular complexity index is 277. The van der Waals surface area contributed by atoms with Gasteiger partial charge in [-0.2, -0.15) is 0 Å². The zero-order chi connectivity index (χ0) is 9.10. The Kier molecular flexibility index (Phi) is 2.50. The molecule has 70 valence electrons. The minimum absolute atomic E-state index is 0.565. The van der Waals surface area contributed by atoms with Crippen molar-refractivity contribution >= 4 is 0 Å². The van der Waals surface area contributed by atoms with Crippen molar-refractivity contribution in [2.75, 3.05) is 20.3 Å². The molecule has 2 nitrogen and oxygen atoms in total. The van der Waals surface area contributed by atoms with Gasteiger partial charge in [-0.3, -0.25) is 0 Å². The number of methoxy groups -OCH3 is 1. The van der Waals surface area contributed by atoms with Crippen LogP contribution in [0.15, 0.2) is 24.3 Å². The summed E-state index contributed by atoms with van der Waals surface area (Å²) in [6, 6.07) is 8.24. The van der Waals surface area contributed by atoms with E-state index in [9.17, 15) is 0 Å². The Hall–Kier alpha value is -1.02. The van der Waals surface area contributed by atoms with Gasteiger partial charge in [0.2, 0.25) is 0 Å². The number of hydrogen-bond donors (Lipinski definition) is 0. The van der Waals surface area contributed by atoms with Crippen LogP contribution in [0.1, 0.15) is 17.9 Å². The first-order valence-electron chi connectivity index (χ1n) is 4.62. The van der Waals surface area contributed by atoms with E-state index in [0.29, 0.717) is 5.92 Å². The molecule has 0 spiro atoms. The Morgan fingerprint density at radius 3 is 3.08 bits per heavy atom. The highest BCUT2D eigenvalue weighted by atomic mass is 16.5. The lowest BCUT2D eigenvalue weighted by Gasteiger charge is -2.08. The summed E-state index contributed by atoms with van der Waals surface area (Å²) in [4.78, 5) is 0. The van der Waals surface area contributed by atoms with Gasteiger partial charge in [-0.1, -0.05) is 12.1 Å². The minimum atomic E-state index is 0.565. The predicted molar refractivity (Wildman–Crippen MR) is 51.2 cm³/mol. The molecule has 0 saturated carbocycles. The number of rotatable bonds is 2. The number of hydrogen-bond acceptors (Lipinski definition) is 2. The first kappa shape index (κ1) is 8.57. The summed E-state index contributed by atoms with van der Waals surface area (Å²) in [7, 11) is 1.70. The lowest BCUT2D eigenvalue weighted by molar-refractivity contribution is 0.194. The molecule has 1 unspecified atom stereocenters. The van der Waals surface area contributed by atoms with Gasteiger partial charge >= 0.3 is 0 Å². The molecule has 1 aliphatic rings. The van der Waals surface area contributed by atoms with Crippen LogP contribution in [0.3, 0.4) is 0 Å². The highest BCUT2D eigenvalue weighted by Gasteiger charge is 2.17. The van der Waals surface area contributed by atoms with Gasteiger partial charge in [-0.05, 0) is 24.1 Å². The van der Waals surface area contributed by atoms with E-state index in [1.54, 1.807) is 7.11 Å². The van der Waals surface area contributed by atoms with Crippen molar-refractivity contribution in [1.82, 2.24) is 0 Å². The Morgan fingerprint density at radius 2 is 2.38 bits per heavy atom. The van der Waals surface area contributed by atoms with Gasteiger partial charge in [-0.15, -0.1) is 0 Å². The maximum atomic E-state index is 5.34. The van der Waals surface area contributed by atoms with Crippen LogP contribution in [0, 0.1) is 0 Å². The van der Waals surface area contributed by atoms with Gasteiger partial charge in [0.25, 0.3) is 0 Å². The molecule has 0 radical (unpaired) electrons. The molecule has 1 aromatic rings. The molecule has 0 bridgehead atoms. The van der Waals surface area contributed by atoms with Gasteiger partial charge in [0.1, 0.15) is 5.75 Å². The summed E-state index contributed by atoms with van der Waals surface area (Å²) >= 11 is 0. The van der Waals surface area contributed by atoms with Gasteiger partial charge in [0.15, 0.2) is 0 Å². The molecule has 0 N–H and O–H groups in total. The molecular weight excluding hydrogens is 164 g/mol. The number of benzene rings is 1. The van der Waals surface area contributed by atoms with E-state index in [1.165, 1.54) is 5.56 Å². The smallest absolute Gasteiger partial charge is 0.119 e. The second-order valence-corrected chi connectivity index (χ2v) is 3.34. The third-order valence-corrected chi connectivity index (χ3v) is 2.49. The third-order valence-electron chi connectivity index (χ3n) is 2.49. The fourth-order valence-electron chi connectivity index (χ4n) is 1.69. The molecular formula is C11H14O2. The van der Waals surface area contributed by atoms with E-state index >= 15 is 0 Å². The van der Waals surface area contributed by atoms with E-state index in [2.05, 4.69) is 12.1 Å². The van der Waals surface area contributed by atoms with Gasteiger partial charge in [0, 0.05) is 12.5 Å². The van der Waals surface area contributed by atoms with Crippen molar-refractivity contribution in [2.45, 2.75) is 12.3 Å². The van der Waals surface area contributed by atoms with Crippen LogP contribution in [-0.4, -0.2) is 20.3 Å². The lowest BCUT2D eigenvalue weighted by Crippen LogP contribution is -1.97. The normalized spacial score (nSPS) is 21.8. The van der Waals surface area contributed by atoms with Crippen LogP contribution in [0.4, 0.5) is 0 Å². The molecule has 1 atom stereocenters. The number of ether oxygens (including phenoxy) is 2. The Balaban J connectivity index is 2.18. The maximum Gasteiger partial charge on any atom is 0.119 e. The third kappa shape index (κ3) is 1.83. The zero-order valence-corrected chi connectivity index (χ0v) is 7.82. The van der Waals surface area contributed by atoms with Crippen LogP contribution >= 0.6 is 0 Å². The predicted octanol–water partition coefficient (Wildman–Crippen LogP) is 2.20. The van der Waals surface area contributed by atoms with E-state index < -0.39 is 0 Å². The van der Waals surface area contributed by atoms with Crippen molar-refractivity contribution in [3.8, 4) is 5.75 Å². The highest BCUT2D eigenvalue weighted by molar-refractivity contribution is 5.31. The van der Waals surface area contributed by atoms with Crippen molar-refractivity contribution in [2.24, 2.45) is 0 Å². The fraction of sp³-hybridized carbons (Fsp3) is 0.455. The second-order valence-electron chi connectivity index (χ2n) is 3.34. The molecule has 0 aromatic heterocycles. The highest BCUT2D eigenvalue weighted by Crippen LogP contribution is 2.27. The SMILES string of the molecule is COc1cccc(C2CCOC2)c1. The quantitative estimate of drug-likeness (QED) is 0.691. The molecule has 1 saturated heterocycles. The summed E-state index contributed by atoms with van der Waals surface area (Å²) in [5.41, 5.74) is 1.33.